The Balaban J connectivity index is 1.42. The average Bonchev–Trinajstić information content (AvgIpc) is 3.29. The quantitative estimate of drug-likeness (QED) is 0.714. The van der Waals surface area contributed by atoms with E-state index in [1.54, 1.807) is 35.2 Å². The molecule has 3 rings (SSSR count). The molecule has 1 aliphatic heterocycles. The van der Waals surface area contributed by atoms with Crippen molar-refractivity contribution in [3.05, 3.63) is 52.9 Å². The number of aryl methyl sites for hydroxylation is 1. The summed E-state index contributed by atoms with van der Waals surface area (Å²) in [6.07, 6.45) is 1.62. The largest absolute Gasteiger partial charge is 0.483 e. The highest BCUT2D eigenvalue weighted by atomic mass is 35.5. The lowest BCUT2D eigenvalue weighted by Gasteiger charge is -2.15. The summed E-state index contributed by atoms with van der Waals surface area (Å²) in [5, 5.41) is 0.578. The van der Waals surface area contributed by atoms with Crippen molar-refractivity contribution in [3.63, 3.8) is 0 Å². The number of carbonyl (C=O) groups is 3. The minimum absolute atomic E-state index is 0.0862. The van der Waals surface area contributed by atoms with Crippen LogP contribution in [0.1, 0.15) is 17.7 Å². The molecular formula is C19H20ClN3O5. The molecule has 0 radical (unpaired) electrons. The summed E-state index contributed by atoms with van der Waals surface area (Å²) in [6.45, 7) is 2.13. The highest BCUT2D eigenvalue weighted by molar-refractivity contribution is 6.30. The predicted molar refractivity (Wildman–Crippen MR) is 100 cm³/mol. The van der Waals surface area contributed by atoms with Crippen LogP contribution in [0.4, 0.5) is 0 Å². The van der Waals surface area contributed by atoms with Gasteiger partial charge < -0.3 is 14.1 Å². The molecule has 1 atom stereocenters. The predicted octanol–water partition coefficient (Wildman–Crippen LogP) is 1.82. The molecule has 1 aliphatic rings. The van der Waals surface area contributed by atoms with Crippen molar-refractivity contribution in [1.82, 2.24) is 15.8 Å². The Morgan fingerprint density at radius 2 is 2.14 bits per heavy atom. The van der Waals surface area contributed by atoms with E-state index in [2.05, 4.69) is 10.9 Å². The SMILES string of the molecule is Cc1cc(Cl)ccc1OCC(=O)NNC(=O)C1CC(=O)N(Cc2ccco2)C1. The fourth-order valence-electron chi connectivity index (χ4n) is 2.88. The standard InChI is InChI=1S/C19H20ClN3O5/c1-12-7-14(20)4-5-16(12)28-11-17(24)21-22-19(26)13-8-18(25)23(9-13)10-15-3-2-6-27-15/h2-7,13H,8-11H2,1H3,(H,21,24)(H,22,26). The molecule has 3 amide bonds. The molecule has 0 saturated carbocycles. The van der Waals surface area contributed by atoms with Crippen LogP contribution in [0.3, 0.4) is 0 Å². The van der Waals surface area contributed by atoms with E-state index in [9.17, 15) is 14.4 Å². The number of amides is 3. The second-order valence-electron chi connectivity index (χ2n) is 6.49. The number of halogens is 1. The average molecular weight is 406 g/mol. The number of nitrogens with one attached hydrogen (secondary N) is 2. The van der Waals surface area contributed by atoms with Gasteiger partial charge in [-0.3, -0.25) is 25.2 Å². The van der Waals surface area contributed by atoms with Crippen molar-refractivity contribution < 1.29 is 23.5 Å². The molecule has 2 N–H and O–H groups in total. The summed E-state index contributed by atoms with van der Waals surface area (Å²) < 4.78 is 10.6. The zero-order valence-electron chi connectivity index (χ0n) is 15.2. The third kappa shape index (κ3) is 5.04. The van der Waals surface area contributed by atoms with Crippen molar-refractivity contribution in [3.8, 4) is 5.75 Å². The van der Waals surface area contributed by atoms with Crippen LogP contribution in [0.2, 0.25) is 5.02 Å². The molecule has 1 fully saturated rings. The highest BCUT2D eigenvalue weighted by Gasteiger charge is 2.34. The molecule has 2 heterocycles. The lowest BCUT2D eigenvalue weighted by Crippen LogP contribution is -2.46. The van der Waals surface area contributed by atoms with Gasteiger partial charge in [-0.1, -0.05) is 11.6 Å². The van der Waals surface area contributed by atoms with Crippen LogP contribution in [-0.2, 0) is 20.9 Å². The number of furan rings is 1. The van der Waals surface area contributed by atoms with Crippen LogP contribution in [0.15, 0.2) is 41.0 Å². The second kappa shape index (κ2) is 8.79. The van der Waals surface area contributed by atoms with Gasteiger partial charge in [-0.15, -0.1) is 0 Å². The Bertz CT molecular complexity index is 868. The number of rotatable bonds is 6. The van der Waals surface area contributed by atoms with Gasteiger partial charge in [0.25, 0.3) is 5.91 Å². The number of benzene rings is 1. The molecule has 0 aliphatic carbocycles. The van der Waals surface area contributed by atoms with Crippen LogP contribution >= 0.6 is 11.6 Å². The van der Waals surface area contributed by atoms with E-state index in [1.165, 1.54) is 6.26 Å². The van der Waals surface area contributed by atoms with E-state index >= 15 is 0 Å². The Morgan fingerprint density at radius 1 is 1.32 bits per heavy atom. The fraction of sp³-hybridized carbons (Fsp3) is 0.316. The number of nitrogens with zero attached hydrogens (tertiary/aromatic N) is 1. The van der Waals surface area contributed by atoms with Crippen molar-refractivity contribution in [2.45, 2.75) is 19.9 Å². The lowest BCUT2D eigenvalue weighted by atomic mass is 10.1. The van der Waals surface area contributed by atoms with Crippen molar-refractivity contribution in [2.75, 3.05) is 13.2 Å². The van der Waals surface area contributed by atoms with E-state index in [4.69, 9.17) is 20.8 Å². The van der Waals surface area contributed by atoms with Gasteiger partial charge >= 0.3 is 0 Å². The summed E-state index contributed by atoms with van der Waals surface area (Å²) >= 11 is 5.87. The first-order valence-corrected chi connectivity index (χ1v) is 9.08. The first-order valence-electron chi connectivity index (χ1n) is 8.70. The Kier molecular flexibility index (Phi) is 6.20. The van der Waals surface area contributed by atoms with Gasteiger partial charge in [0.05, 0.1) is 18.7 Å². The molecule has 2 aromatic rings. The monoisotopic (exact) mass is 405 g/mol. The Hall–Kier alpha value is -3.00. The summed E-state index contributed by atoms with van der Waals surface area (Å²) in [5.41, 5.74) is 5.44. The molecule has 28 heavy (non-hydrogen) atoms. The van der Waals surface area contributed by atoms with Crippen LogP contribution in [0.5, 0.6) is 5.75 Å². The molecular weight excluding hydrogens is 386 g/mol. The number of carbonyl (C=O) groups excluding carboxylic acids is 3. The number of likely N-dealkylation sites (tertiary alicyclic amines) is 1. The third-order valence-corrected chi connectivity index (χ3v) is 4.57. The second-order valence-corrected chi connectivity index (χ2v) is 6.93. The molecule has 1 unspecified atom stereocenters. The molecule has 0 spiro atoms. The van der Waals surface area contributed by atoms with E-state index in [-0.39, 0.29) is 25.5 Å². The molecule has 9 heteroatoms. The Labute approximate surface area is 166 Å². The number of ether oxygens (including phenoxy) is 1. The van der Waals surface area contributed by atoms with E-state index in [0.717, 1.165) is 5.56 Å². The van der Waals surface area contributed by atoms with Crippen LogP contribution in [-0.4, -0.2) is 35.8 Å². The smallest absolute Gasteiger partial charge is 0.276 e. The topological polar surface area (TPSA) is 101 Å². The molecule has 148 valence electrons. The fourth-order valence-corrected chi connectivity index (χ4v) is 3.11. The zero-order valence-corrected chi connectivity index (χ0v) is 16.0. The highest BCUT2D eigenvalue weighted by Crippen LogP contribution is 2.22. The van der Waals surface area contributed by atoms with Crippen molar-refractivity contribution in [1.29, 1.82) is 0 Å². The first-order chi connectivity index (χ1) is 13.4. The van der Waals surface area contributed by atoms with Gasteiger partial charge in [-0.2, -0.15) is 0 Å². The molecule has 8 nitrogen and oxygen atoms in total. The maximum Gasteiger partial charge on any atom is 0.276 e. The van der Waals surface area contributed by atoms with Gasteiger partial charge in [-0.05, 0) is 42.8 Å². The minimum Gasteiger partial charge on any atom is -0.483 e. The third-order valence-electron chi connectivity index (χ3n) is 4.33. The van der Waals surface area contributed by atoms with E-state index in [0.29, 0.717) is 23.1 Å². The van der Waals surface area contributed by atoms with Gasteiger partial charge in [0.15, 0.2) is 6.61 Å². The molecule has 1 saturated heterocycles. The normalized spacial score (nSPS) is 16.1. The Morgan fingerprint density at radius 3 is 2.86 bits per heavy atom. The van der Waals surface area contributed by atoms with E-state index in [1.807, 2.05) is 6.92 Å². The van der Waals surface area contributed by atoms with Gasteiger partial charge in [0.2, 0.25) is 11.8 Å². The summed E-state index contributed by atoms with van der Waals surface area (Å²) in [4.78, 5) is 37.7. The summed E-state index contributed by atoms with van der Waals surface area (Å²) in [5.74, 6) is -0.435. The number of hydrogen-bond donors (Lipinski definition) is 2. The molecule has 0 bridgehead atoms. The lowest BCUT2D eigenvalue weighted by molar-refractivity contribution is -0.132. The van der Waals surface area contributed by atoms with Crippen LogP contribution in [0, 0.1) is 12.8 Å². The van der Waals surface area contributed by atoms with Gasteiger partial charge in [0.1, 0.15) is 11.5 Å². The van der Waals surface area contributed by atoms with E-state index < -0.39 is 17.7 Å². The zero-order chi connectivity index (χ0) is 20.1. The van der Waals surface area contributed by atoms with Crippen LogP contribution in [0.25, 0.3) is 0 Å². The number of hydrazine groups is 1. The van der Waals surface area contributed by atoms with Gasteiger partial charge in [-0.25, -0.2) is 0 Å². The van der Waals surface area contributed by atoms with Crippen molar-refractivity contribution in [2.24, 2.45) is 5.92 Å². The molecule has 1 aromatic carbocycles. The van der Waals surface area contributed by atoms with Crippen molar-refractivity contribution >= 4 is 29.3 Å². The van der Waals surface area contributed by atoms with Crippen LogP contribution < -0.4 is 15.6 Å². The maximum atomic E-state index is 12.2. The first kappa shape index (κ1) is 19.8. The number of hydrogen-bond acceptors (Lipinski definition) is 5. The summed E-state index contributed by atoms with van der Waals surface area (Å²) in [6, 6.07) is 8.56. The molecule has 1 aromatic heterocycles. The maximum absolute atomic E-state index is 12.2. The summed E-state index contributed by atoms with van der Waals surface area (Å²) in [7, 11) is 0. The van der Waals surface area contributed by atoms with Gasteiger partial charge in [0, 0.05) is 18.0 Å². The minimum atomic E-state index is -0.540.